The summed E-state index contributed by atoms with van der Waals surface area (Å²) in [7, 11) is 0. The average molecular weight is 292 g/mol. The Hall–Kier alpha value is -2.15. The summed E-state index contributed by atoms with van der Waals surface area (Å²) in [6, 6.07) is 2.74. The van der Waals surface area contributed by atoms with Crippen molar-refractivity contribution in [2.24, 2.45) is 0 Å². The fraction of sp³-hybridized carbons (Fsp3) is 0.500. The summed E-state index contributed by atoms with van der Waals surface area (Å²) in [5.74, 6) is 1.08. The summed E-state index contributed by atoms with van der Waals surface area (Å²) in [4.78, 5) is 14.6. The molecule has 0 saturated heterocycles. The molecule has 0 aliphatic carbocycles. The molecule has 1 N–H and O–H groups in total. The number of nitro groups is 1. The Kier molecular flexibility index (Phi) is 5.10. The predicted molar refractivity (Wildman–Crippen MR) is 78.0 cm³/mol. The van der Waals surface area contributed by atoms with Crippen LogP contribution in [0.1, 0.15) is 44.3 Å². The summed E-state index contributed by atoms with van der Waals surface area (Å²) in [5, 5.41) is 14.1. The van der Waals surface area contributed by atoms with Gasteiger partial charge in [0.05, 0.1) is 6.07 Å². The third kappa shape index (κ3) is 3.49. The molecule has 21 heavy (non-hydrogen) atoms. The molecule has 0 saturated carbocycles. The van der Waals surface area contributed by atoms with E-state index in [2.05, 4.69) is 24.1 Å². The molecular formula is C14H20N4O3. The molecule has 2 rings (SSSR count). The van der Waals surface area contributed by atoms with Crippen LogP contribution in [-0.2, 0) is 6.54 Å². The zero-order valence-electron chi connectivity index (χ0n) is 12.3. The molecule has 2 heterocycles. The lowest BCUT2D eigenvalue weighted by molar-refractivity contribution is -0.402. The van der Waals surface area contributed by atoms with Crippen LogP contribution in [0.5, 0.6) is 0 Å². The molecule has 1 atom stereocenters. The van der Waals surface area contributed by atoms with E-state index in [-0.39, 0.29) is 11.9 Å². The molecule has 7 nitrogen and oxygen atoms in total. The minimum atomic E-state index is -0.529. The van der Waals surface area contributed by atoms with Gasteiger partial charge in [0.1, 0.15) is 22.5 Å². The van der Waals surface area contributed by atoms with Gasteiger partial charge in [0.2, 0.25) is 0 Å². The van der Waals surface area contributed by atoms with Gasteiger partial charge in [-0.25, -0.2) is 4.98 Å². The van der Waals surface area contributed by atoms with E-state index in [9.17, 15) is 10.1 Å². The first-order chi connectivity index (χ1) is 10.2. The van der Waals surface area contributed by atoms with Crippen molar-refractivity contribution in [3.63, 3.8) is 0 Å². The number of aryl methyl sites for hydroxylation is 1. The summed E-state index contributed by atoms with van der Waals surface area (Å²) in [6.45, 7) is 5.78. The molecule has 0 aromatic carbocycles. The van der Waals surface area contributed by atoms with Crippen LogP contribution in [0.4, 0.5) is 5.88 Å². The quantitative estimate of drug-likeness (QED) is 0.597. The molecule has 0 fully saturated rings. The lowest BCUT2D eigenvalue weighted by atomic mass is 10.2. The number of imidazole rings is 1. The number of nitrogens with zero attached hydrogens (tertiary/aromatic N) is 3. The topological polar surface area (TPSA) is 86.1 Å². The van der Waals surface area contributed by atoms with Gasteiger partial charge in [-0.05, 0) is 25.5 Å². The van der Waals surface area contributed by atoms with Gasteiger partial charge in [0.25, 0.3) is 0 Å². The second kappa shape index (κ2) is 7.03. The summed E-state index contributed by atoms with van der Waals surface area (Å²) < 4.78 is 7.39. The molecule has 114 valence electrons. The normalized spacial score (nSPS) is 12.5. The van der Waals surface area contributed by atoms with Gasteiger partial charge in [-0.3, -0.25) is 10.1 Å². The predicted octanol–water partition coefficient (Wildman–Crippen LogP) is 2.88. The molecule has 0 radical (unpaired) electrons. The molecule has 2 aromatic rings. The van der Waals surface area contributed by atoms with Crippen molar-refractivity contribution in [1.29, 1.82) is 0 Å². The Morgan fingerprint density at radius 2 is 2.24 bits per heavy atom. The van der Waals surface area contributed by atoms with Gasteiger partial charge in [0, 0.05) is 18.9 Å². The third-order valence-corrected chi connectivity index (χ3v) is 3.15. The standard InChI is InChI=1S/C14H20N4O3/c1-3-7-15-13(11-5-6-12(21-11)18(19)20)14-16-8-10-17(14)9-4-2/h5-6,8,10,13,15H,3-4,7,9H2,1-2H3. The van der Waals surface area contributed by atoms with Crippen LogP contribution in [0.2, 0.25) is 0 Å². The summed E-state index contributed by atoms with van der Waals surface area (Å²) in [6.07, 6.45) is 5.59. The fourth-order valence-corrected chi connectivity index (χ4v) is 2.21. The third-order valence-electron chi connectivity index (χ3n) is 3.15. The highest BCUT2D eigenvalue weighted by atomic mass is 16.6. The van der Waals surface area contributed by atoms with E-state index in [1.807, 2.05) is 10.8 Å². The number of furan rings is 1. The first-order valence-corrected chi connectivity index (χ1v) is 7.15. The molecule has 2 aromatic heterocycles. The number of aromatic nitrogens is 2. The van der Waals surface area contributed by atoms with Crippen molar-refractivity contribution in [3.8, 4) is 0 Å². The number of hydrogen-bond donors (Lipinski definition) is 1. The molecule has 0 bridgehead atoms. The van der Waals surface area contributed by atoms with Crippen molar-refractivity contribution >= 4 is 5.88 Å². The molecular weight excluding hydrogens is 272 g/mol. The first-order valence-electron chi connectivity index (χ1n) is 7.15. The average Bonchev–Trinajstić information content (AvgIpc) is 3.10. The van der Waals surface area contributed by atoms with Crippen molar-refractivity contribution in [2.45, 2.75) is 39.3 Å². The van der Waals surface area contributed by atoms with Gasteiger partial charge >= 0.3 is 5.88 Å². The molecule has 0 aliphatic rings. The highest BCUT2D eigenvalue weighted by Gasteiger charge is 2.24. The van der Waals surface area contributed by atoms with Crippen LogP contribution in [0.25, 0.3) is 0 Å². The minimum Gasteiger partial charge on any atom is -0.404 e. The molecule has 1 unspecified atom stereocenters. The maximum Gasteiger partial charge on any atom is 0.433 e. The maximum atomic E-state index is 10.8. The number of rotatable bonds is 8. The van der Waals surface area contributed by atoms with Crippen LogP contribution in [-0.4, -0.2) is 21.0 Å². The Labute approximate surface area is 123 Å². The Bertz CT molecular complexity index is 591. The van der Waals surface area contributed by atoms with Crippen molar-refractivity contribution < 1.29 is 9.34 Å². The van der Waals surface area contributed by atoms with E-state index in [0.717, 1.165) is 31.8 Å². The first kappa shape index (κ1) is 15.2. The summed E-state index contributed by atoms with van der Waals surface area (Å²) >= 11 is 0. The van der Waals surface area contributed by atoms with Crippen molar-refractivity contribution in [1.82, 2.24) is 14.9 Å². The molecule has 0 aliphatic heterocycles. The van der Waals surface area contributed by atoms with Crippen LogP contribution in [0, 0.1) is 10.1 Å². The minimum absolute atomic E-state index is 0.248. The SMILES string of the molecule is CCCNC(c1ccc([N+](=O)[O-])o1)c1nccn1CCC. The fourth-order valence-electron chi connectivity index (χ4n) is 2.21. The Morgan fingerprint density at radius 3 is 2.86 bits per heavy atom. The summed E-state index contributed by atoms with van der Waals surface area (Å²) in [5.41, 5.74) is 0. The van der Waals surface area contributed by atoms with Gasteiger partial charge < -0.3 is 14.3 Å². The van der Waals surface area contributed by atoms with Crippen molar-refractivity contribution in [3.05, 3.63) is 46.2 Å². The number of hydrogen-bond acceptors (Lipinski definition) is 5. The second-order valence-electron chi connectivity index (χ2n) is 4.80. The van der Waals surface area contributed by atoms with Gasteiger partial charge in [-0.15, -0.1) is 0 Å². The highest BCUT2D eigenvalue weighted by Crippen LogP contribution is 2.26. The second-order valence-corrected chi connectivity index (χ2v) is 4.80. The zero-order valence-corrected chi connectivity index (χ0v) is 12.3. The lowest BCUT2D eigenvalue weighted by Crippen LogP contribution is -2.26. The van der Waals surface area contributed by atoms with Gasteiger partial charge in [0.15, 0.2) is 0 Å². The van der Waals surface area contributed by atoms with Crippen LogP contribution < -0.4 is 5.32 Å². The van der Waals surface area contributed by atoms with E-state index < -0.39 is 4.92 Å². The van der Waals surface area contributed by atoms with Crippen molar-refractivity contribution in [2.75, 3.05) is 6.54 Å². The molecule has 0 spiro atoms. The van der Waals surface area contributed by atoms with Crippen LogP contribution in [0.3, 0.4) is 0 Å². The van der Waals surface area contributed by atoms with Gasteiger partial charge in [-0.1, -0.05) is 13.8 Å². The Morgan fingerprint density at radius 1 is 1.43 bits per heavy atom. The smallest absolute Gasteiger partial charge is 0.404 e. The van der Waals surface area contributed by atoms with Crippen LogP contribution in [0.15, 0.2) is 28.9 Å². The van der Waals surface area contributed by atoms with E-state index in [1.54, 1.807) is 12.3 Å². The highest BCUT2D eigenvalue weighted by molar-refractivity contribution is 5.24. The van der Waals surface area contributed by atoms with E-state index in [4.69, 9.17) is 4.42 Å². The maximum absolute atomic E-state index is 10.8. The number of nitrogens with one attached hydrogen (secondary N) is 1. The zero-order chi connectivity index (χ0) is 15.2. The molecule has 0 amide bonds. The van der Waals surface area contributed by atoms with Gasteiger partial charge in [-0.2, -0.15) is 0 Å². The van der Waals surface area contributed by atoms with E-state index in [0.29, 0.717) is 5.76 Å². The van der Waals surface area contributed by atoms with E-state index in [1.165, 1.54) is 6.07 Å². The monoisotopic (exact) mass is 292 g/mol. The largest absolute Gasteiger partial charge is 0.433 e. The Balaban J connectivity index is 2.32. The lowest BCUT2D eigenvalue weighted by Gasteiger charge is -2.17. The molecule has 7 heteroatoms. The van der Waals surface area contributed by atoms with E-state index >= 15 is 0 Å². The van der Waals surface area contributed by atoms with Crippen LogP contribution >= 0.6 is 0 Å².